The van der Waals surface area contributed by atoms with Crippen molar-refractivity contribution in [1.29, 1.82) is 0 Å². The van der Waals surface area contributed by atoms with Gasteiger partial charge in [0.15, 0.2) is 0 Å². The Hall–Kier alpha value is -2.49. The third-order valence-corrected chi connectivity index (χ3v) is 3.40. The molecule has 0 heterocycles. The van der Waals surface area contributed by atoms with Crippen LogP contribution in [0.3, 0.4) is 0 Å². The van der Waals surface area contributed by atoms with Gasteiger partial charge in [-0.25, -0.2) is 0 Å². The van der Waals surface area contributed by atoms with Gasteiger partial charge in [-0.3, -0.25) is 4.79 Å². The summed E-state index contributed by atoms with van der Waals surface area (Å²) in [6, 6.07) is 15.3. The highest BCUT2D eigenvalue weighted by Gasteiger charge is 2.18. The highest BCUT2D eigenvalue weighted by molar-refractivity contribution is 5.97. The molecule has 4 nitrogen and oxygen atoms in total. The van der Waals surface area contributed by atoms with E-state index in [0.29, 0.717) is 36.8 Å². The molecule has 0 aliphatic rings. The predicted molar refractivity (Wildman–Crippen MR) is 91.0 cm³/mol. The van der Waals surface area contributed by atoms with Crippen LogP contribution in [0.5, 0.6) is 11.5 Å². The minimum atomic E-state index is -0.0691. The molecule has 23 heavy (non-hydrogen) atoms. The van der Waals surface area contributed by atoms with Crippen LogP contribution in [0.4, 0.5) is 0 Å². The normalized spacial score (nSPS) is 10.2. The average Bonchev–Trinajstić information content (AvgIpc) is 2.56. The number of hydrogen-bond donors (Lipinski definition) is 0. The molecule has 0 saturated heterocycles. The summed E-state index contributed by atoms with van der Waals surface area (Å²) in [6.07, 6.45) is 0. The van der Waals surface area contributed by atoms with E-state index in [9.17, 15) is 4.79 Å². The molecule has 0 bridgehead atoms. The zero-order valence-corrected chi connectivity index (χ0v) is 13.9. The van der Waals surface area contributed by atoms with Gasteiger partial charge in [-0.1, -0.05) is 30.3 Å². The van der Waals surface area contributed by atoms with Crippen LogP contribution >= 0.6 is 0 Å². The molecule has 2 aromatic carbocycles. The molecular weight excluding hydrogens is 290 g/mol. The number of rotatable bonds is 7. The highest BCUT2D eigenvalue weighted by Crippen LogP contribution is 2.26. The minimum Gasteiger partial charge on any atom is -0.494 e. The SMILES string of the molecule is CCOc1ccc(C(=O)N(C)Cc2ccccc2)c(OCC)c1. The van der Waals surface area contributed by atoms with E-state index < -0.39 is 0 Å². The number of ether oxygens (including phenoxy) is 2. The largest absolute Gasteiger partial charge is 0.494 e. The van der Waals surface area contributed by atoms with Gasteiger partial charge >= 0.3 is 0 Å². The van der Waals surface area contributed by atoms with Crippen molar-refractivity contribution in [2.75, 3.05) is 20.3 Å². The summed E-state index contributed by atoms with van der Waals surface area (Å²) >= 11 is 0. The first-order valence-corrected chi connectivity index (χ1v) is 7.84. The molecule has 0 fully saturated rings. The van der Waals surface area contributed by atoms with Crippen molar-refractivity contribution in [3.63, 3.8) is 0 Å². The van der Waals surface area contributed by atoms with Gasteiger partial charge in [0.2, 0.25) is 0 Å². The van der Waals surface area contributed by atoms with Gasteiger partial charge in [0.05, 0.1) is 18.8 Å². The smallest absolute Gasteiger partial charge is 0.257 e. The first-order chi connectivity index (χ1) is 11.2. The van der Waals surface area contributed by atoms with Crippen molar-refractivity contribution in [2.24, 2.45) is 0 Å². The first kappa shape index (κ1) is 16.9. The van der Waals surface area contributed by atoms with Gasteiger partial charge in [-0.05, 0) is 31.5 Å². The van der Waals surface area contributed by atoms with Crippen molar-refractivity contribution in [1.82, 2.24) is 4.90 Å². The maximum absolute atomic E-state index is 12.7. The summed E-state index contributed by atoms with van der Waals surface area (Å²) in [5.74, 6) is 1.20. The fourth-order valence-corrected chi connectivity index (χ4v) is 2.35. The topological polar surface area (TPSA) is 38.8 Å². The Bertz CT molecular complexity index is 640. The summed E-state index contributed by atoms with van der Waals surface area (Å²) in [5, 5.41) is 0. The van der Waals surface area contributed by atoms with Crippen LogP contribution in [-0.2, 0) is 6.54 Å². The second kappa shape index (κ2) is 8.22. The van der Waals surface area contributed by atoms with Gasteiger partial charge in [0.1, 0.15) is 11.5 Å². The average molecular weight is 313 g/mol. The predicted octanol–water partition coefficient (Wildman–Crippen LogP) is 3.76. The zero-order chi connectivity index (χ0) is 16.7. The van der Waals surface area contributed by atoms with Crippen LogP contribution in [0.1, 0.15) is 29.8 Å². The van der Waals surface area contributed by atoms with Gasteiger partial charge in [0, 0.05) is 19.7 Å². The molecular formula is C19H23NO3. The van der Waals surface area contributed by atoms with E-state index in [-0.39, 0.29) is 5.91 Å². The van der Waals surface area contributed by atoms with Crippen molar-refractivity contribution in [2.45, 2.75) is 20.4 Å². The molecule has 0 atom stereocenters. The van der Waals surface area contributed by atoms with Crippen LogP contribution in [0, 0.1) is 0 Å². The molecule has 0 saturated carbocycles. The van der Waals surface area contributed by atoms with E-state index in [1.807, 2.05) is 44.2 Å². The molecule has 4 heteroatoms. The van der Waals surface area contributed by atoms with Crippen LogP contribution in [0.25, 0.3) is 0 Å². The second-order valence-electron chi connectivity index (χ2n) is 5.17. The third kappa shape index (κ3) is 4.49. The lowest BCUT2D eigenvalue weighted by molar-refractivity contribution is 0.0781. The molecule has 0 radical (unpaired) electrons. The number of hydrogen-bond acceptors (Lipinski definition) is 3. The fraction of sp³-hybridized carbons (Fsp3) is 0.316. The first-order valence-electron chi connectivity index (χ1n) is 7.84. The van der Waals surface area contributed by atoms with E-state index in [4.69, 9.17) is 9.47 Å². The molecule has 2 aromatic rings. The lowest BCUT2D eigenvalue weighted by atomic mass is 10.1. The second-order valence-corrected chi connectivity index (χ2v) is 5.17. The number of carbonyl (C=O) groups excluding carboxylic acids is 1. The lowest BCUT2D eigenvalue weighted by Gasteiger charge is -2.19. The maximum Gasteiger partial charge on any atom is 0.257 e. The molecule has 122 valence electrons. The molecule has 0 spiro atoms. The molecule has 0 aliphatic carbocycles. The third-order valence-electron chi connectivity index (χ3n) is 3.40. The maximum atomic E-state index is 12.7. The molecule has 0 unspecified atom stereocenters. The zero-order valence-electron chi connectivity index (χ0n) is 13.9. The number of carbonyl (C=O) groups is 1. The van der Waals surface area contributed by atoms with Crippen LogP contribution in [0.15, 0.2) is 48.5 Å². The summed E-state index contributed by atoms with van der Waals surface area (Å²) in [6.45, 7) is 5.45. The van der Waals surface area contributed by atoms with Crippen LogP contribution in [0.2, 0.25) is 0 Å². The van der Waals surface area contributed by atoms with Gasteiger partial charge in [-0.2, -0.15) is 0 Å². The summed E-state index contributed by atoms with van der Waals surface area (Å²) < 4.78 is 11.1. The quantitative estimate of drug-likeness (QED) is 0.781. The lowest BCUT2D eigenvalue weighted by Crippen LogP contribution is -2.26. The van der Waals surface area contributed by atoms with Crippen molar-refractivity contribution < 1.29 is 14.3 Å². The van der Waals surface area contributed by atoms with Crippen molar-refractivity contribution in [3.8, 4) is 11.5 Å². The Morgan fingerprint density at radius 2 is 1.70 bits per heavy atom. The minimum absolute atomic E-state index is 0.0691. The highest BCUT2D eigenvalue weighted by atomic mass is 16.5. The number of nitrogens with zero attached hydrogens (tertiary/aromatic N) is 1. The van der Waals surface area contributed by atoms with Crippen molar-refractivity contribution >= 4 is 5.91 Å². The molecule has 1 amide bonds. The number of benzene rings is 2. The Kier molecular flexibility index (Phi) is 6.03. The van der Waals surface area contributed by atoms with E-state index >= 15 is 0 Å². The van der Waals surface area contributed by atoms with E-state index in [2.05, 4.69) is 0 Å². The monoisotopic (exact) mass is 313 g/mol. The van der Waals surface area contributed by atoms with E-state index in [1.54, 1.807) is 30.1 Å². The van der Waals surface area contributed by atoms with Gasteiger partial charge < -0.3 is 14.4 Å². The molecule has 0 N–H and O–H groups in total. The summed E-state index contributed by atoms with van der Waals surface area (Å²) in [5.41, 5.74) is 1.64. The van der Waals surface area contributed by atoms with Crippen molar-refractivity contribution in [3.05, 3.63) is 59.7 Å². The molecule has 0 aliphatic heterocycles. The van der Waals surface area contributed by atoms with Crippen LogP contribution < -0.4 is 9.47 Å². The van der Waals surface area contributed by atoms with Gasteiger partial charge in [0.25, 0.3) is 5.91 Å². The molecule has 2 rings (SSSR count). The van der Waals surface area contributed by atoms with E-state index in [1.165, 1.54) is 0 Å². The Balaban J connectivity index is 2.19. The van der Waals surface area contributed by atoms with Gasteiger partial charge in [-0.15, -0.1) is 0 Å². The fourth-order valence-electron chi connectivity index (χ4n) is 2.35. The standard InChI is InChI=1S/C19H23NO3/c1-4-22-16-11-12-17(18(13-16)23-5-2)19(21)20(3)14-15-9-7-6-8-10-15/h6-13H,4-5,14H2,1-3H3. The summed E-state index contributed by atoms with van der Waals surface area (Å²) in [7, 11) is 1.79. The van der Waals surface area contributed by atoms with E-state index in [0.717, 1.165) is 5.56 Å². The Morgan fingerprint density at radius 1 is 1.00 bits per heavy atom. The Morgan fingerprint density at radius 3 is 2.35 bits per heavy atom. The van der Waals surface area contributed by atoms with Crippen LogP contribution in [-0.4, -0.2) is 31.1 Å². The number of amides is 1. The molecule has 0 aromatic heterocycles. The summed E-state index contributed by atoms with van der Waals surface area (Å²) in [4.78, 5) is 14.4. The Labute approximate surface area is 137 Å².